The van der Waals surface area contributed by atoms with Crippen molar-refractivity contribution >= 4 is 11.6 Å². The molecule has 0 bridgehead atoms. The van der Waals surface area contributed by atoms with Crippen molar-refractivity contribution in [3.63, 3.8) is 0 Å². The zero-order valence-corrected chi connectivity index (χ0v) is 16.0. The van der Waals surface area contributed by atoms with Crippen LogP contribution in [0.2, 0.25) is 5.02 Å². The van der Waals surface area contributed by atoms with E-state index in [4.69, 9.17) is 11.6 Å². The van der Waals surface area contributed by atoms with Crippen LogP contribution < -0.4 is 0 Å². The molecule has 2 aromatic rings. The zero-order valence-electron chi connectivity index (χ0n) is 15.3. The van der Waals surface area contributed by atoms with Crippen LogP contribution >= 0.6 is 11.6 Å². The Hall–Kier alpha value is -1.27. The summed E-state index contributed by atoms with van der Waals surface area (Å²) in [5, 5.41) is 0.816. The first-order valence-electron chi connectivity index (χ1n) is 8.49. The molecule has 0 fully saturated rings. The van der Waals surface area contributed by atoms with Crippen LogP contribution in [0.3, 0.4) is 0 Å². The minimum absolute atomic E-state index is 0.0679. The maximum absolute atomic E-state index is 6.21. The minimum atomic E-state index is 0.0679. The van der Waals surface area contributed by atoms with E-state index in [0.717, 1.165) is 11.4 Å². The topological polar surface area (TPSA) is 0 Å². The van der Waals surface area contributed by atoms with E-state index in [1.54, 1.807) is 0 Å². The number of rotatable bonds is 5. The normalized spacial score (nSPS) is 12.7. The van der Waals surface area contributed by atoms with Gasteiger partial charge in [0.25, 0.3) is 0 Å². The molecule has 0 aliphatic rings. The van der Waals surface area contributed by atoms with E-state index in [1.165, 1.54) is 16.7 Å². The van der Waals surface area contributed by atoms with Gasteiger partial charge in [-0.2, -0.15) is 0 Å². The molecule has 0 amide bonds. The molecule has 0 saturated carbocycles. The first-order valence-corrected chi connectivity index (χ1v) is 8.87. The average molecular weight is 329 g/mol. The van der Waals surface area contributed by atoms with Crippen LogP contribution in [0.1, 0.15) is 70.6 Å². The summed E-state index contributed by atoms with van der Waals surface area (Å²) >= 11 is 6.21. The van der Waals surface area contributed by atoms with Gasteiger partial charge in [0.15, 0.2) is 0 Å². The van der Waals surface area contributed by atoms with Crippen LogP contribution in [-0.4, -0.2) is 0 Å². The second-order valence-corrected chi connectivity index (χ2v) is 8.63. The van der Waals surface area contributed by atoms with Gasteiger partial charge in [-0.1, -0.05) is 89.5 Å². The van der Waals surface area contributed by atoms with E-state index in [9.17, 15) is 0 Å². The van der Waals surface area contributed by atoms with Crippen LogP contribution in [0.4, 0.5) is 0 Å². The smallest absolute Gasteiger partial charge is 0.0408 e. The first kappa shape index (κ1) is 18.1. The van der Waals surface area contributed by atoms with Crippen molar-refractivity contribution in [1.29, 1.82) is 0 Å². The zero-order chi connectivity index (χ0) is 17.3. The van der Waals surface area contributed by atoms with Crippen LogP contribution in [0, 0.1) is 0 Å². The standard InChI is InChI=1S/C22H29Cl/c1-16(2)19-12-7-8-13-20(19)22(5,6)15-21(3,4)17-10-9-11-18(23)14-17/h7-14,16H,15H2,1-6H3. The molecule has 124 valence electrons. The molecule has 0 radical (unpaired) electrons. The van der Waals surface area contributed by atoms with Crippen LogP contribution in [0.25, 0.3) is 0 Å². The van der Waals surface area contributed by atoms with Crippen LogP contribution in [-0.2, 0) is 10.8 Å². The van der Waals surface area contributed by atoms with Crippen molar-refractivity contribution in [2.45, 2.75) is 64.7 Å². The molecular weight excluding hydrogens is 300 g/mol. The van der Waals surface area contributed by atoms with E-state index in [0.29, 0.717) is 5.92 Å². The third-order valence-corrected chi connectivity index (χ3v) is 5.04. The Kier molecular flexibility index (Phi) is 5.26. The van der Waals surface area contributed by atoms with Crippen molar-refractivity contribution in [1.82, 2.24) is 0 Å². The van der Waals surface area contributed by atoms with Crippen molar-refractivity contribution in [2.24, 2.45) is 0 Å². The molecular formula is C22H29Cl. The monoisotopic (exact) mass is 328 g/mol. The summed E-state index contributed by atoms with van der Waals surface area (Å²) in [6.45, 7) is 13.9. The van der Waals surface area contributed by atoms with Gasteiger partial charge >= 0.3 is 0 Å². The molecule has 2 aromatic carbocycles. The molecule has 0 aromatic heterocycles. The number of halogens is 1. The highest BCUT2D eigenvalue weighted by atomic mass is 35.5. The lowest BCUT2D eigenvalue weighted by Gasteiger charge is -2.37. The van der Waals surface area contributed by atoms with E-state index in [1.807, 2.05) is 6.07 Å². The lowest BCUT2D eigenvalue weighted by Crippen LogP contribution is -2.30. The van der Waals surface area contributed by atoms with Crippen LogP contribution in [0.5, 0.6) is 0 Å². The summed E-state index contributed by atoms with van der Waals surface area (Å²) < 4.78 is 0. The fourth-order valence-electron chi connectivity index (χ4n) is 3.83. The molecule has 0 unspecified atom stereocenters. The summed E-state index contributed by atoms with van der Waals surface area (Å²) in [4.78, 5) is 0. The fourth-order valence-corrected chi connectivity index (χ4v) is 4.02. The molecule has 0 N–H and O–H groups in total. The van der Waals surface area contributed by atoms with E-state index in [2.05, 4.69) is 84.0 Å². The Morgan fingerprint density at radius 2 is 1.52 bits per heavy atom. The van der Waals surface area contributed by atoms with Crippen molar-refractivity contribution < 1.29 is 0 Å². The predicted molar refractivity (Wildman–Crippen MR) is 103 cm³/mol. The quantitative estimate of drug-likeness (QED) is 0.548. The Bertz CT molecular complexity index is 665. The van der Waals surface area contributed by atoms with Gasteiger partial charge in [-0.3, -0.25) is 0 Å². The van der Waals surface area contributed by atoms with Gasteiger partial charge in [0.2, 0.25) is 0 Å². The predicted octanol–water partition coefficient (Wildman–Crippen LogP) is 7.11. The van der Waals surface area contributed by atoms with Gasteiger partial charge in [0.1, 0.15) is 0 Å². The lowest BCUT2D eigenvalue weighted by atomic mass is 9.67. The molecule has 0 saturated heterocycles. The fraction of sp³-hybridized carbons (Fsp3) is 0.455. The van der Waals surface area contributed by atoms with Gasteiger partial charge in [-0.05, 0) is 52.0 Å². The highest BCUT2D eigenvalue weighted by Crippen LogP contribution is 2.41. The second kappa shape index (κ2) is 6.69. The molecule has 0 aliphatic carbocycles. The van der Waals surface area contributed by atoms with E-state index in [-0.39, 0.29) is 10.8 Å². The SMILES string of the molecule is CC(C)c1ccccc1C(C)(C)CC(C)(C)c1cccc(Cl)c1. The van der Waals surface area contributed by atoms with Gasteiger partial charge in [-0.15, -0.1) is 0 Å². The molecule has 0 heterocycles. The summed E-state index contributed by atoms with van der Waals surface area (Å²) in [7, 11) is 0. The van der Waals surface area contributed by atoms with Gasteiger partial charge in [0, 0.05) is 5.02 Å². The minimum Gasteiger partial charge on any atom is -0.0843 e. The molecule has 0 atom stereocenters. The molecule has 23 heavy (non-hydrogen) atoms. The number of hydrogen-bond acceptors (Lipinski definition) is 0. The Morgan fingerprint density at radius 1 is 0.870 bits per heavy atom. The summed E-state index contributed by atoms with van der Waals surface area (Å²) in [6, 6.07) is 17.2. The third kappa shape index (κ3) is 4.18. The van der Waals surface area contributed by atoms with Crippen LogP contribution in [0.15, 0.2) is 48.5 Å². The van der Waals surface area contributed by atoms with E-state index >= 15 is 0 Å². The summed E-state index contributed by atoms with van der Waals surface area (Å²) in [6.07, 6.45) is 1.07. The third-order valence-electron chi connectivity index (χ3n) is 4.80. The number of benzene rings is 2. The highest BCUT2D eigenvalue weighted by Gasteiger charge is 2.33. The van der Waals surface area contributed by atoms with Crippen molar-refractivity contribution in [2.75, 3.05) is 0 Å². The Balaban J connectivity index is 2.37. The van der Waals surface area contributed by atoms with Crippen molar-refractivity contribution in [3.8, 4) is 0 Å². The summed E-state index contributed by atoms with van der Waals surface area (Å²) in [5.41, 5.74) is 4.40. The molecule has 0 aliphatic heterocycles. The molecule has 0 nitrogen and oxygen atoms in total. The van der Waals surface area contributed by atoms with E-state index < -0.39 is 0 Å². The van der Waals surface area contributed by atoms with Crippen molar-refractivity contribution in [3.05, 3.63) is 70.2 Å². The Morgan fingerprint density at radius 3 is 2.13 bits per heavy atom. The maximum Gasteiger partial charge on any atom is 0.0408 e. The Labute approximate surface area is 146 Å². The second-order valence-electron chi connectivity index (χ2n) is 8.20. The van der Waals surface area contributed by atoms with Gasteiger partial charge in [-0.25, -0.2) is 0 Å². The number of hydrogen-bond donors (Lipinski definition) is 0. The molecule has 1 heteroatoms. The molecule has 2 rings (SSSR count). The first-order chi connectivity index (χ1) is 10.6. The largest absolute Gasteiger partial charge is 0.0843 e. The maximum atomic E-state index is 6.21. The van der Waals surface area contributed by atoms with Gasteiger partial charge in [0.05, 0.1) is 0 Å². The van der Waals surface area contributed by atoms with Gasteiger partial charge < -0.3 is 0 Å². The molecule has 0 spiro atoms. The highest BCUT2D eigenvalue weighted by molar-refractivity contribution is 6.30. The summed E-state index contributed by atoms with van der Waals surface area (Å²) in [5.74, 6) is 0.541. The average Bonchev–Trinajstić information content (AvgIpc) is 2.46. The lowest BCUT2D eigenvalue weighted by molar-refractivity contribution is 0.346.